The molecule has 0 radical (unpaired) electrons. The van der Waals surface area contributed by atoms with Crippen LogP contribution in [0.4, 0.5) is 0 Å². The number of hydrogen-bond acceptors (Lipinski definition) is 2. The van der Waals surface area contributed by atoms with Crippen molar-refractivity contribution in [3.63, 3.8) is 0 Å². The van der Waals surface area contributed by atoms with Crippen molar-refractivity contribution in [2.45, 2.75) is 40.0 Å². The molecule has 0 aromatic carbocycles. The Morgan fingerprint density at radius 1 is 1.25 bits per heavy atom. The SMILES string of the molecule is CCCc1c(CC)nc2[nH]c(=O)[nH]c2c1C. The smallest absolute Gasteiger partial charge is 0.304 e. The minimum Gasteiger partial charge on any atom is -0.304 e. The summed E-state index contributed by atoms with van der Waals surface area (Å²) in [5, 5.41) is 0. The lowest BCUT2D eigenvalue weighted by Gasteiger charge is -2.10. The Bertz CT molecular complexity index is 565. The van der Waals surface area contributed by atoms with Gasteiger partial charge in [-0.15, -0.1) is 0 Å². The Balaban J connectivity index is 2.75. The quantitative estimate of drug-likeness (QED) is 0.830. The van der Waals surface area contributed by atoms with Crippen LogP contribution in [0, 0.1) is 6.92 Å². The van der Waals surface area contributed by atoms with Crippen LogP contribution >= 0.6 is 0 Å². The van der Waals surface area contributed by atoms with Crippen LogP contribution in [0.3, 0.4) is 0 Å². The number of aromatic nitrogens is 3. The first kappa shape index (κ1) is 10.9. The number of nitrogens with zero attached hydrogens (tertiary/aromatic N) is 1. The molecule has 2 N–H and O–H groups in total. The Labute approximate surface area is 94.1 Å². The predicted octanol–water partition coefficient (Wildman–Crippen LogP) is 2.07. The molecule has 2 aromatic heterocycles. The fraction of sp³-hybridized carbons (Fsp3) is 0.500. The van der Waals surface area contributed by atoms with Gasteiger partial charge in [-0.1, -0.05) is 20.3 Å². The van der Waals surface area contributed by atoms with E-state index in [9.17, 15) is 4.79 Å². The Morgan fingerprint density at radius 2 is 2.00 bits per heavy atom. The summed E-state index contributed by atoms with van der Waals surface area (Å²) in [6, 6.07) is 0. The van der Waals surface area contributed by atoms with Crippen LogP contribution in [0.15, 0.2) is 4.79 Å². The molecule has 2 heterocycles. The van der Waals surface area contributed by atoms with E-state index in [-0.39, 0.29) is 5.69 Å². The van der Waals surface area contributed by atoms with Gasteiger partial charge in [0.25, 0.3) is 0 Å². The number of rotatable bonds is 3. The molecule has 0 saturated heterocycles. The van der Waals surface area contributed by atoms with Gasteiger partial charge in [0.1, 0.15) is 0 Å². The molecule has 0 atom stereocenters. The van der Waals surface area contributed by atoms with Gasteiger partial charge in [0, 0.05) is 5.69 Å². The van der Waals surface area contributed by atoms with Crippen LogP contribution in [-0.4, -0.2) is 15.0 Å². The predicted molar refractivity (Wildman–Crippen MR) is 64.8 cm³/mol. The van der Waals surface area contributed by atoms with Crippen LogP contribution in [0.1, 0.15) is 37.1 Å². The third kappa shape index (κ3) is 1.64. The van der Waals surface area contributed by atoms with Gasteiger partial charge in [-0.3, -0.25) is 4.98 Å². The molecule has 0 aliphatic heterocycles. The lowest BCUT2D eigenvalue weighted by molar-refractivity contribution is 0.872. The molecule has 0 spiro atoms. The molecule has 16 heavy (non-hydrogen) atoms. The van der Waals surface area contributed by atoms with E-state index in [2.05, 4.69) is 35.7 Å². The van der Waals surface area contributed by atoms with E-state index in [1.165, 1.54) is 5.56 Å². The molecule has 0 aliphatic rings. The van der Waals surface area contributed by atoms with Crippen molar-refractivity contribution < 1.29 is 0 Å². The van der Waals surface area contributed by atoms with E-state index in [4.69, 9.17) is 0 Å². The number of hydrogen-bond donors (Lipinski definition) is 2. The zero-order valence-corrected chi connectivity index (χ0v) is 9.98. The summed E-state index contributed by atoms with van der Waals surface area (Å²) >= 11 is 0. The summed E-state index contributed by atoms with van der Waals surface area (Å²) in [6.45, 7) is 6.30. The fourth-order valence-corrected chi connectivity index (χ4v) is 2.17. The van der Waals surface area contributed by atoms with Crippen molar-refractivity contribution >= 4 is 11.2 Å². The van der Waals surface area contributed by atoms with Crippen LogP contribution < -0.4 is 5.69 Å². The highest BCUT2D eigenvalue weighted by Crippen LogP contribution is 2.21. The summed E-state index contributed by atoms with van der Waals surface area (Å²) in [7, 11) is 0. The first-order valence-corrected chi connectivity index (χ1v) is 5.77. The summed E-state index contributed by atoms with van der Waals surface area (Å²) in [6.07, 6.45) is 3.01. The van der Waals surface area contributed by atoms with Crippen molar-refractivity contribution in [3.05, 3.63) is 27.3 Å². The van der Waals surface area contributed by atoms with Crippen molar-refractivity contribution in [1.82, 2.24) is 15.0 Å². The van der Waals surface area contributed by atoms with E-state index in [0.717, 1.165) is 36.0 Å². The van der Waals surface area contributed by atoms with Crippen LogP contribution in [0.5, 0.6) is 0 Å². The molecule has 0 bridgehead atoms. The average molecular weight is 219 g/mol. The number of aromatic amines is 2. The van der Waals surface area contributed by atoms with Crippen LogP contribution in [0.2, 0.25) is 0 Å². The normalized spacial score (nSPS) is 11.2. The lowest BCUT2D eigenvalue weighted by atomic mass is 10.0. The number of nitrogens with one attached hydrogen (secondary N) is 2. The molecule has 4 nitrogen and oxygen atoms in total. The topological polar surface area (TPSA) is 61.5 Å². The number of fused-ring (bicyclic) bond motifs is 1. The molecule has 86 valence electrons. The molecule has 2 rings (SSSR count). The van der Waals surface area contributed by atoms with E-state index in [1.54, 1.807) is 0 Å². The molecule has 0 aliphatic carbocycles. The third-order valence-corrected chi connectivity index (χ3v) is 2.96. The summed E-state index contributed by atoms with van der Waals surface area (Å²) < 4.78 is 0. The van der Waals surface area contributed by atoms with Crippen LogP contribution in [-0.2, 0) is 12.8 Å². The first-order valence-electron chi connectivity index (χ1n) is 5.77. The number of pyridine rings is 1. The van der Waals surface area contributed by atoms with E-state index in [1.807, 2.05) is 0 Å². The maximum Gasteiger partial charge on any atom is 0.325 e. The zero-order chi connectivity index (χ0) is 11.7. The molecule has 0 fully saturated rings. The average Bonchev–Trinajstić information content (AvgIpc) is 2.63. The standard InChI is InChI=1S/C12H17N3O/c1-4-6-8-7(3)10-11(13-9(8)5-2)15-12(16)14-10/h4-6H2,1-3H3,(H2,13,14,15,16). The Morgan fingerprint density at radius 3 is 2.62 bits per heavy atom. The van der Waals surface area contributed by atoms with Gasteiger partial charge in [-0.25, -0.2) is 9.78 Å². The van der Waals surface area contributed by atoms with Crippen molar-refractivity contribution in [3.8, 4) is 0 Å². The largest absolute Gasteiger partial charge is 0.325 e. The van der Waals surface area contributed by atoms with Gasteiger partial charge in [0.05, 0.1) is 5.52 Å². The summed E-state index contributed by atoms with van der Waals surface area (Å²) in [5.41, 5.74) is 4.89. The van der Waals surface area contributed by atoms with Crippen molar-refractivity contribution in [2.75, 3.05) is 0 Å². The second-order valence-corrected chi connectivity index (χ2v) is 4.07. The molecule has 0 saturated carbocycles. The van der Waals surface area contributed by atoms with E-state index in [0.29, 0.717) is 5.65 Å². The molecule has 2 aromatic rings. The fourth-order valence-electron chi connectivity index (χ4n) is 2.17. The van der Waals surface area contributed by atoms with Gasteiger partial charge in [0.2, 0.25) is 0 Å². The second kappa shape index (κ2) is 4.12. The van der Waals surface area contributed by atoms with Gasteiger partial charge in [-0.2, -0.15) is 0 Å². The minimum atomic E-state index is -0.179. The highest BCUT2D eigenvalue weighted by molar-refractivity contribution is 5.75. The van der Waals surface area contributed by atoms with Gasteiger partial charge < -0.3 is 4.98 Å². The maximum absolute atomic E-state index is 11.3. The third-order valence-electron chi connectivity index (χ3n) is 2.96. The number of aryl methyl sites for hydroxylation is 2. The zero-order valence-electron chi connectivity index (χ0n) is 9.98. The number of imidazole rings is 1. The highest BCUT2D eigenvalue weighted by atomic mass is 16.1. The summed E-state index contributed by atoms with van der Waals surface area (Å²) in [4.78, 5) is 21.3. The second-order valence-electron chi connectivity index (χ2n) is 4.07. The van der Waals surface area contributed by atoms with Gasteiger partial charge in [-0.05, 0) is 30.9 Å². The monoisotopic (exact) mass is 219 g/mol. The minimum absolute atomic E-state index is 0.179. The van der Waals surface area contributed by atoms with Gasteiger partial charge >= 0.3 is 5.69 Å². The molecule has 0 amide bonds. The van der Waals surface area contributed by atoms with E-state index >= 15 is 0 Å². The van der Waals surface area contributed by atoms with Crippen molar-refractivity contribution in [1.29, 1.82) is 0 Å². The number of H-pyrrole nitrogens is 2. The first-order chi connectivity index (χ1) is 7.67. The molecular formula is C12H17N3O. The molecular weight excluding hydrogens is 202 g/mol. The van der Waals surface area contributed by atoms with Gasteiger partial charge in [0.15, 0.2) is 5.65 Å². The molecule has 4 heteroatoms. The lowest BCUT2D eigenvalue weighted by Crippen LogP contribution is -2.01. The summed E-state index contributed by atoms with van der Waals surface area (Å²) in [5.74, 6) is 0. The molecule has 0 unspecified atom stereocenters. The van der Waals surface area contributed by atoms with Crippen LogP contribution in [0.25, 0.3) is 11.2 Å². The Hall–Kier alpha value is -1.58. The highest BCUT2D eigenvalue weighted by Gasteiger charge is 2.12. The Kier molecular flexibility index (Phi) is 2.81. The van der Waals surface area contributed by atoms with Crippen molar-refractivity contribution in [2.24, 2.45) is 0 Å². The van der Waals surface area contributed by atoms with E-state index < -0.39 is 0 Å². The maximum atomic E-state index is 11.3.